The first-order chi connectivity index (χ1) is 7.72. The second kappa shape index (κ2) is 4.23. The van der Waals surface area contributed by atoms with E-state index in [4.69, 9.17) is 10.00 Å². The van der Waals surface area contributed by atoms with Gasteiger partial charge in [-0.3, -0.25) is 4.79 Å². The molecule has 0 fully saturated rings. The minimum absolute atomic E-state index is 0.157. The Hall–Kier alpha value is -2.02. The molecule has 3 unspecified atom stereocenters. The van der Waals surface area contributed by atoms with Gasteiger partial charge in [-0.1, -0.05) is 6.08 Å². The van der Waals surface area contributed by atoms with Crippen LogP contribution in [0.2, 0.25) is 0 Å². The van der Waals surface area contributed by atoms with E-state index in [-0.39, 0.29) is 30.0 Å². The number of aliphatic hydroxyl groups is 1. The molecule has 2 rings (SSSR count). The van der Waals surface area contributed by atoms with Crippen LogP contribution in [0.4, 0.5) is 0 Å². The highest BCUT2D eigenvalue weighted by Crippen LogP contribution is 2.32. The fourth-order valence-electron chi connectivity index (χ4n) is 1.99. The third kappa shape index (κ3) is 1.84. The van der Waals surface area contributed by atoms with E-state index in [2.05, 4.69) is 0 Å². The number of nitrogens with zero attached hydrogens (tertiary/aromatic N) is 1. The second-order valence-electron chi connectivity index (χ2n) is 3.82. The highest BCUT2D eigenvalue weighted by atomic mass is 16.5. The van der Waals surface area contributed by atoms with E-state index in [0.29, 0.717) is 0 Å². The Balaban J connectivity index is 2.23. The van der Waals surface area contributed by atoms with Crippen molar-refractivity contribution in [3.8, 4) is 6.07 Å². The van der Waals surface area contributed by atoms with Crippen LogP contribution in [0.15, 0.2) is 36.3 Å². The van der Waals surface area contributed by atoms with Crippen molar-refractivity contribution in [1.82, 2.24) is 0 Å². The average molecular weight is 217 g/mol. The van der Waals surface area contributed by atoms with Gasteiger partial charge in [-0.2, -0.15) is 5.26 Å². The molecular formula is C12H11NO3. The quantitative estimate of drug-likeness (QED) is 0.724. The van der Waals surface area contributed by atoms with Crippen LogP contribution in [0, 0.1) is 23.2 Å². The third-order valence-electron chi connectivity index (χ3n) is 2.78. The standard InChI is InChI=1S/C12H11NO3/c13-7-10-9(5-8(14)6-11(10)15)12-3-1-2-4-16-12/h1-4,6,9-10,12,15H,5H2. The summed E-state index contributed by atoms with van der Waals surface area (Å²) in [4.78, 5) is 11.3. The van der Waals surface area contributed by atoms with E-state index in [1.807, 2.05) is 12.1 Å². The van der Waals surface area contributed by atoms with Crippen molar-refractivity contribution in [1.29, 1.82) is 5.26 Å². The molecule has 0 aromatic rings. The van der Waals surface area contributed by atoms with Gasteiger partial charge in [0.05, 0.1) is 12.3 Å². The van der Waals surface area contributed by atoms with Gasteiger partial charge >= 0.3 is 0 Å². The van der Waals surface area contributed by atoms with Gasteiger partial charge in [-0.15, -0.1) is 0 Å². The Kier molecular flexibility index (Phi) is 2.78. The van der Waals surface area contributed by atoms with Gasteiger partial charge in [0, 0.05) is 18.4 Å². The van der Waals surface area contributed by atoms with Gasteiger partial charge in [-0.05, 0) is 12.2 Å². The molecule has 0 saturated carbocycles. The average Bonchev–Trinajstić information content (AvgIpc) is 2.29. The van der Waals surface area contributed by atoms with Crippen molar-refractivity contribution in [2.75, 3.05) is 0 Å². The van der Waals surface area contributed by atoms with E-state index >= 15 is 0 Å². The van der Waals surface area contributed by atoms with Crippen LogP contribution >= 0.6 is 0 Å². The summed E-state index contributed by atoms with van der Waals surface area (Å²) in [5, 5.41) is 18.5. The number of rotatable bonds is 1. The predicted octanol–water partition coefficient (Wildman–Crippen LogP) is 1.63. The number of hydrogen-bond acceptors (Lipinski definition) is 4. The molecule has 1 heterocycles. The first-order valence-electron chi connectivity index (χ1n) is 5.04. The summed E-state index contributed by atoms with van der Waals surface area (Å²) < 4.78 is 5.34. The van der Waals surface area contributed by atoms with Crippen molar-refractivity contribution in [2.24, 2.45) is 11.8 Å². The van der Waals surface area contributed by atoms with Crippen molar-refractivity contribution >= 4 is 5.78 Å². The molecule has 3 atom stereocenters. The molecule has 0 amide bonds. The zero-order chi connectivity index (χ0) is 11.5. The number of ether oxygens (including phenoxy) is 1. The molecule has 0 radical (unpaired) electrons. The molecule has 0 bridgehead atoms. The summed E-state index contributed by atoms with van der Waals surface area (Å²) in [5.74, 6) is -1.31. The lowest BCUT2D eigenvalue weighted by atomic mass is 9.79. The number of aliphatic hydroxyl groups excluding tert-OH is 1. The fraction of sp³-hybridized carbons (Fsp3) is 0.333. The Labute approximate surface area is 93.1 Å². The Morgan fingerprint density at radius 3 is 2.94 bits per heavy atom. The summed E-state index contributed by atoms with van der Waals surface area (Å²) in [5.41, 5.74) is 0. The van der Waals surface area contributed by atoms with Crippen LogP contribution < -0.4 is 0 Å². The molecule has 4 nitrogen and oxygen atoms in total. The molecule has 0 spiro atoms. The van der Waals surface area contributed by atoms with Crippen LogP contribution in [-0.2, 0) is 9.53 Å². The first-order valence-corrected chi connectivity index (χ1v) is 5.04. The molecule has 4 heteroatoms. The molecular weight excluding hydrogens is 206 g/mol. The van der Waals surface area contributed by atoms with Gasteiger partial charge in [0.1, 0.15) is 17.8 Å². The van der Waals surface area contributed by atoms with Gasteiger partial charge in [-0.25, -0.2) is 0 Å². The first kappa shape index (κ1) is 10.5. The second-order valence-corrected chi connectivity index (χ2v) is 3.82. The van der Waals surface area contributed by atoms with Crippen LogP contribution in [-0.4, -0.2) is 17.0 Å². The largest absolute Gasteiger partial charge is 0.511 e. The third-order valence-corrected chi connectivity index (χ3v) is 2.78. The number of carbonyl (C=O) groups excluding carboxylic acids is 1. The minimum Gasteiger partial charge on any atom is -0.511 e. The zero-order valence-electron chi connectivity index (χ0n) is 8.54. The van der Waals surface area contributed by atoms with Crippen LogP contribution in [0.1, 0.15) is 6.42 Å². The monoisotopic (exact) mass is 217 g/mol. The number of hydrogen-bond donors (Lipinski definition) is 1. The highest BCUT2D eigenvalue weighted by Gasteiger charge is 2.37. The summed E-state index contributed by atoms with van der Waals surface area (Å²) in [6.07, 6.45) is 7.90. The van der Waals surface area contributed by atoms with Crippen molar-refractivity contribution in [3.05, 3.63) is 36.3 Å². The Bertz CT molecular complexity index is 428. The number of allylic oxidation sites excluding steroid dienone is 4. The smallest absolute Gasteiger partial charge is 0.159 e. The Morgan fingerprint density at radius 2 is 2.31 bits per heavy atom. The van der Waals surface area contributed by atoms with Crippen LogP contribution in [0.25, 0.3) is 0 Å². The van der Waals surface area contributed by atoms with E-state index in [0.717, 1.165) is 6.08 Å². The maximum Gasteiger partial charge on any atom is 0.159 e. The van der Waals surface area contributed by atoms with E-state index in [1.54, 1.807) is 12.2 Å². The van der Waals surface area contributed by atoms with Crippen LogP contribution in [0.3, 0.4) is 0 Å². The van der Waals surface area contributed by atoms with Gasteiger partial charge in [0.25, 0.3) is 0 Å². The van der Waals surface area contributed by atoms with E-state index < -0.39 is 5.92 Å². The summed E-state index contributed by atoms with van der Waals surface area (Å²) in [6.45, 7) is 0. The maximum atomic E-state index is 11.3. The van der Waals surface area contributed by atoms with Crippen molar-refractivity contribution < 1.29 is 14.6 Å². The summed E-state index contributed by atoms with van der Waals surface area (Å²) in [7, 11) is 0. The van der Waals surface area contributed by atoms with Gasteiger partial charge < -0.3 is 9.84 Å². The minimum atomic E-state index is -0.668. The number of nitriles is 1. The normalized spacial score (nSPS) is 32.8. The van der Waals surface area contributed by atoms with Gasteiger partial charge in [0.15, 0.2) is 5.78 Å². The van der Waals surface area contributed by atoms with Crippen LogP contribution in [0.5, 0.6) is 0 Å². The fourth-order valence-corrected chi connectivity index (χ4v) is 1.99. The summed E-state index contributed by atoms with van der Waals surface area (Å²) >= 11 is 0. The predicted molar refractivity (Wildman–Crippen MR) is 56.1 cm³/mol. The maximum absolute atomic E-state index is 11.3. The molecule has 1 aliphatic carbocycles. The van der Waals surface area contributed by atoms with Crippen molar-refractivity contribution in [3.63, 3.8) is 0 Å². The molecule has 0 aromatic heterocycles. The van der Waals surface area contributed by atoms with E-state index in [1.165, 1.54) is 6.26 Å². The lowest BCUT2D eigenvalue weighted by molar-refractivity contribution is -0.117. The lowest BCUT2D eigenvalue weighted by Crippen LogP contribution is -2.33. The molecule has 2 aliphatic rings. The molecule has 82 valence electrons. The van der Waals surface area contributed by atoms with Gasteiger partial charge in [0.2, 0.25) is 0 Å². The summed E-state index contributed by atoms with van der Waals surface area (Å²) in [6, 6.07) is 2.01. The molecule has 0 aromatic carbocycles. The number of carbonyl (C=O) groups is 1. The molecule has 1 aliphatic heterocycles. The zero-order valence-corrected chi connectivity index (χ0v) is 8.54. The molecule has 0 saturated heterocycles. The number of ketones is 1. The lowest BCUT2D eigenvalue weighted by Gasteiger charge is -2.30. The van der Waals surface area contributed by atoms with Crippen molar-refractivity contribution in [2.45, 2.75) is 12.5 Å². The molecule has 1 N–H and O–H groups in total. The topological polar surface area (TPSA) is 70.3 Å². The van der Waals surface area contributed by atoms with E-state index in [9.17, 15) is 9.90 Å². The Morgan fingerprint density at radius 1 is 1.50 bits per heavy atom. The molecule has 16 heavy (non-hydrogen) atoms. The highest BCUT2D eigenvalue weighted by molar-refractivity contribution is 5.91. The SMILES string of the molecule is N#CC1C(O)=CC(=O)CC1C1C=CC=CO1.